The number of Topliss-reactive ketones (excluding diaryl/α,β-unsaturated/α-hetero) is 1. The number of ketones is 1. The zero-order valence-electron chi connectivity index (χ0n) is 14.1. The summed E-state index contributed by atoms with van der Waals surface area (Å²) < 4.78 is 5.13. The van der Waals surface area contributed by atoms with Crippen molar-refractivity contribution in [2.24, 2.45) is 17.8 Å². The van der Waals surface area contributed by atoms with Crippen LogP contribution in [0.4, 0.5) is 0 Å². The number of carbonyl (C=O) groups is 2. The Balaban J connectivity index is 1.80. The second-order valence-electron chi connectivity index (χ2n) is 6.77. The molecular weight excluding hydrogens is 308 g/mol. The molecule has 1 heterocycles. The molecule has 0 bridgehead atoms. The van der Waals surface area contributed by atoms with E-state index in [4.69, 9.17) is 4.74 Å². The summed E-state index contributed by atoms with van der Waals surface area (Å²) in [5.41, 5.74) is 3.10. The van der Waals surface area contributed by atoms with Crippen LogP contribution < -0.4 is 10.6 Å². The van der Waals surface area contributed by atoms with Gasteiger partial charge in [0.15, 0.2) is 6.54 Å². The minimum absolute atomic E-state index is 0.0437. The van der Waals surface area contributed by atoms with E-state index in [-0.39, 0.29) is 41.2 Å². The Bertz CT molecular complexity index is 621. The SMILES string of the molecule is CCOC(=O)C1C(C)C1C1(CCc2ccccc2)N[NH+]([O-])CC1=O. The Labute approximate surface area is 141 Å². The number of esters is 1. The molecule has 1 aromatic carbocycles. The number of hydrogen-bond acceptors (Lipinski definition) is 5. The van der Waals surface area contributed by atoms with Crippen LogP contribution in [0.5, 0.6) is 0 Å². The first-order valence-corrected chi connectivity index (χ1v) is 8.54. The molecule has 1 saturated carbocycles. The number of hydroxylamine groups is 1. The average Bonchev–Trinajstić information content (AvgIpc) is 3.15. The van der Waals surface area contributed by atoms with Crippen LogP contribution in [-0.4, -0.2) is 30.4 Å². The zero-order valence-corrected chi connectivity index (χ0v) is 14.1. The highest BCUT2D eigenvalue weighted by Gasteiger charge is 2.68. The largest absolute Gasteiger partial charge is 0.613 e. The maximum absolute atomic E-state index is 12.6. The van der Waals surface area contributed by atoms with Gasteiger partial charge in [-0.15, -0.1) is 0 Å². The molecule has 0 radical (unpaired) electrons. The Morgan fingerprint density at radius 3 is 2.71 bits per heavy atom. The van der Waals surface area contributed by atoms with E-state index in [1.807, 2.05) is 37.3 Å². The molecule has 130 valence electrons. The molecule has 0 amide bonds. The zero-order chi connectivity index (χ0) is 17.3. The second-order valence-corrected chi connectivity index (χ2v) is 6.77. The lowest BCUT2D eigenvalue weighted by Crippen LogP contribution is -3.13. The molecule has 1 aliphatic carbocycles. The van der Waals surface area contributed by atoms with Gasteiger partial charge in [-0.25, -0.2) is 0 Å². The van der Waals surface area contributed by atoms with Crippen LogP contribution in [0, 0.1) is 23.0 Å². The Hall–Kier alpha value is -1.76. The maximum Gasteiger partial charge on any atom is 0.309 e. The summed E-state index contributed by atoms with van der Waals surface area (Å²) >= 11 is 0. The lowest BCUT2D eigenvalue weighted by molar-refractivity contribution is -0.883. The summed E-state index contributed by atoms with van der Waals surface area (Å²) in [6, 6.07) is 9.88. The number of carbonyl (C=O) groups excluding carboxylic acids is 2. The van der Waals surface area contributed by atoms with Gasteiger partial charge in [0, 0.05) is 5.92 Å². The summed E-state index contributed by atoms with van der Waals surface area (Å²) in [6.45, 7) is 3.96. The maximum atomic E-state index is 12.6. The summed E-state index contributed by atoms with van der Waals surface area (Å²) in [4.78, 5) is 24.8. The predicted molar refractivity (Wildman–Crippen MR) is 87.6 cm³/mol. The fourth-order valence-electron chi connectivity index (χ4n) is 4.11. The van der Waals surface area contributed by atoms with E-state index in [9.17, 15) is 14.8 Å². The Morgan fingerprint density at radius 2 is 2.12 bits per heavy atom. The van der Waals surface area contributed by atoms with E-state index in [2.05, 4.69) is 5.43 Å². The molecule has 6 nitrogen and oxygen atoms in total. The number of aryl methyl sites for hydroxylation is 1. The molecule has 1 aromatic rings. The summed E-state index contributed by atoms with van der Waals surface area (Å²) in [5.74, 6) is -0.778. The first-order chi connectivity index (χ1) is 11.5. The van der Waals surface area contributed by atoms with E-state index in [1.165, 1.54) is 0 Å². The fourth-order valence-corrected chi connectivity index (χ4v) is 4.11. The van der Waals surface area contributed by atoms with Crippen LogP contribution in [0.25, 0.3) is 0 Å². The Morgan fingerprint density at radius 1 is 1.42 bits per heavy atom. The van der Waals surface area contributed by atoms with Crippen molar-refractivity contribution in [3.8, 4) is 0 Å². The molecule has 3 rings (SSSR count). The van der Waals surface area contributed by atoms with Crippen LogP contribution in [-0.2, 0) is 20.7 Å². The number of ether oxygens (including phenoxy) is 1. The van der Waals surface area contributed by atoms with Crippen LogP contribution in [0.2, 0.25) is 0 Å². The van der Waals surface area contributed by atoms with Gasteiger partial charge in [0.25, 0.3) is 0 Å². The number of benzene rings is 1. The highest BCUT2D eigenvalue weighted by molar-refractivity contribution is 5.93. The Kier molecular flexibility index (Phi) is 4.71. The normalized spacial score (nSPS) is 35.0. The standard InChI is InChI=1S/C18H24N2O4/c1-3-24-17(22)15-12(2)16(15)18(14(21)11-20(23)19-18)10-9-13-7-5-4-6-8-13/h4-8,12,15-16,19-20H,3,9-11H2,1-2H3. The smallest absolute Gasteiger partial charge is 0.309 e. The van der Waals surface area contributed by atoms with E-state index in [1.54, 1.807) is 6.92 Å². The summed E-state index contributed by atoms with van der Waals surface area (Å²) in [6.07, 6.45) is 1.21. The van der Waals surface area contributed by atoms with E-state index < -0.39 is 5.54 Å². The monoisotopic (exact) mass is 332 g/mol. The quantitative estimate of drug-likeness (QED) is 0.577. The molecule has 6 heteroatoms. The van der Waals surface area contributed by atoms with E-state index in [0.717, 1.165) is 5.56 Å². The van der Waals surface area contributed by atoms with Crippen molar-refractivity contribution >= 4 is 11.8 Å². The topological polar surface area (TPSA) is 82.9 Å². The first-order valence-electron chi connectivity index (χ1n) is 8.54. The van der Waals surface area contributed by atoms with Gasteiger partial charge in [-0.2, -0.15) is 5.43 Å². The summed E-state index contributed by atoms with van der Waals surface area (Å²) in [5, 5.41) is 11.6. The molecular formula is C18H24N2O4. The van der Waals surface area contributed by atoms with Gasteiger partial charge in [0.1, 0.15) is 5.54 Å². The van der Waals surface area contributed by atoms with Crippen molar-refractivity contribution in [3.05, 3.63) is 41.1 Å². The number of hydrogen-bond donors (Lipinski definition) is 2. The van der Waals surface area contributed by atoms with Crippen LogP contribution in [0.15, 0.2) is 30.3 Å². The van der Waals surface area contributed by atoms with Crippen molar-refractivity contribution < 1.29 is 19.5 Å². The molecule has 1 aliphatic heterocycles. The number of rotatable bonds is 6. The minimum Gasteiger partial charge on any atom is -0.613 e. The predicted octanol–water partition coefficient (Wildman–Crippen LogP) is 0.273. The molecule has 1 saturated heterocycles. The van der Waals surface area contributed by atoms with Gasteiger partial charge in [0.05, 0.1) is 12.5 Å². The van der Waals surface area contributed by atoms with Gasteiger partial charge in [-0.05, 0) is 31.2 Å². The van der Waals surface area contributed by atoms with Crippen LogP contribution in [0.3, 0.4) is 0 Å². The van der Waals surface area contributed by atoms with Crippen molar-refractivity contribution in [2.45, 2.75) is 32.2 Å². The molecule has 2 aliphatic rings. The molecule has 0 spiro atoms. The third-order valence-electron chi connectivity index (χ3n) is 5.34. The van der Waals surface area contributed by atoms with Crippen molar-refractivity contribution in [2.75, 3.05) is 13.2 Å². The lowest BCUT2D eigenvalue weighted by atomic mass is 9.82. The second kappa shape index (κ2) is 6.63. The van der Waals surface area contributed by atoms with Crippen LogP contribution in [0.1, 0.15) is 25.8 Å². The number of nitrogens with one attached hydrogen (secondary N) is 2. The van der Waals surface area contributed by atoms with E-state index >= 15 is 0 Å². The van der Waals surface area contributed by atoms with Gasteiger partial charge in [-0.3, -0.25) is 14.8 Å². The molecule has 2 fully saturated rings. The summed E-state index contributed by atoms with van der Waals surface area (Å²) in [7, 11) is 0. The molecule has 0 aromatic heterocycles. The number of quaternary nitrogens is 1. The molecule has 5 unspecified atom stereocenters. The molecule has 24 heavy (non-hydrogen) atoms. The van der Waals surface area contributed by atoms with Gasteiger partial charge in [0.2, 0.25) is 5.78 Å². The highest BCUT2D eigenvalue weighted by Crippen LogP contribution is 2.54. The van der Waals surface area contributed by atoms with E-state index in [0.29, 0.717) is 19.4 Å². The van der Waals surface area contributed by atoms with Gasteiger partial charge < -0.3 is 9.94 Å². The van der Waals surface area contributed by atoms with Gasteiger partial charge in [-0.1, -0.05) is 37.3 Å². The highest BCUT2D eigenvalue weighted by atomic mass is 16.5. The van der Waals surface area contributed by atoms with Crippen LogP contribution >= 0.6 is 0 Å². The first kappa shape index (κ1) is 17.1. The third kappa shape index (κ3) is 2.97. The lowest BCUT2D eigenvalue weighted by Gasteiger charge is -2.28. The average molecular weight is 332 g/mol. The van der Waals surface area contributed by atoms with Crippen molar-refractivity contribution in [1.82, 2.24) is 5.43 Å². The minimum atomic E-state index is -0.927. The van der Waals surface area contributed by atoms with Crippen molar-refractivity contribution in [3.63, 3.8) is 0 Å². The molecule has 5 atom stereocenters. The van der Waals surface area contributed by atoms with Gasteiger partial charge >= 0.3 is 5.97 Å². The van der Waals surface area contributed by atoms with Crippen molar-refractivity contribution in [1.29, 1.82) is 0 Å². The molecule has 2 N–H and O–H groups in total. The third-order valence-corrected chi connectivity index (χ3v) is 5.34. The fraction of sp³-hybridized carbons (Fsp3) is 0.556.